The summed E-state index contributed by atoms with van der Waals surface area (Å²) in [6.45, 7) is -3.41. The van der Waals surface area contributed by atoms with E-state index in [4.69, 9.17) is 0 Å². The third kappa shape index (κ3) is 3.49. The molecule has 112 valence electrons. The predicted octanol–water partition coefficient (Wildman–Crippen LogP) is 3.10. The first-order valence-electron chi connectivity index (χ1n) is 5.03. The Morgan fingerprint density at radius 3 is 2.10 bits per heavy atom. The molecule has 0 aromatic heterocycles. The van der Waals surface area contributed by atoms with Gasteiger partial charge in [-0.3, -0.25) is 0 Å². The standard InChI is InChI=1S/C11H9F5O4/c1-18-6-3-5(11(14,15)16)4-7(20-10(12)13)8(6)9(17)19-2/h3-4,10H,1-2H3. The highest BCUT2D eigenvalue weighted by atomic mass is 19.4. The summed E-state index contributed by atoms with van der Waals surface area (Å²) in [5, 5.41) is 0. The molecule has 0 saturated heterocycles. The van der Waals surface area contributed by atoms with Crippen LogP contribution in [0.25, 0.3) is 0 Å². The lowest BCUT2D eigenvalue weighted by molar-refractivity contribution is -0.138. The number of methoxy groups -OCH3 is 2. The summed E-state index contributed by atoms with van der Waals surface area (Å²) in [7, 11) is 1.92. The Labute approximate surface area is 110 Å². The lowest BCUT2D eigenvalue weighted by Crippen LogP contribution is -2.14. The van der Waals surface area contributed by atoms with E-state index in [1.165, 1.54) is 0 Å². The van der Waals surface area contributed by atoms with Crippen molar-refractivity contribution < 1.29 is 41.0 Å². The number of hydrogen-bond acceptors (Lipinski definition) is 4. The van der Waals surface area contributed by atoms with Crippen LogP contribution in [0.15, 0.2) is 12.1 Å². The number of alkyl halides is 5. The van der Waals surface area contributed by atoms with Gasteiger partial charge in [0, 0.05) is 0 Å². The van der Waals surface area contributed by atoms with Gasteiger partial charge in [0.2, 0.25) is 0 Å². The Balaban J connectivity index is 3.51. The van der Waals surface area contributed by atoms with Gasteiger partial charge < -0.3 is 14.2 Å². The lowest BCUT2D eigenvalue weighted by Gasteiger charge is -2.16. The first-order chi connectivity index (χ1) is 9.20. The minimum absolute atomic E-state index is 0.279. The van der Waals surface area contributed by atoms with E-state index >= 15 is 0 Å². The Kier molecular flexibility index (Phi) is 4.74. The van der Waals surface area contributed by atoms with E-state index in [0.717, 1.165) is 14.2 Å². The van der Waals surface area contributed by atoms with E-state index < -0.39 is 41.4 Å². The second kappa shape index (κ2) is 5.93. The van der Waals surface area contributed by atoms with Gasteiger partial charge in [0.15, 0.2) is 0 Å². The molecular weight excluding hydrogens is 291 g/mol. The van der Waals surface area contributed by atoms with Crippen LogP contribution in [0.4, 0.5) is 22.0 Å². The molecule has 0 aliphatic carbocycles. The third-order valence-corrected chi connectivity index (χ3v) is 2.22. The summed E-state index contributed by atoms with van der Waals surface area (Å²) in [5.74, 6) is -2.72. The zero-order valence-corrected chi connectivity index (χ0v) is 10.3. The number of esters is 1. The van der Waals surface area contributed by atoms with E-state index in [1.807, 2.05) is 0 Å². The molecule has 1 aromatic carbocycles. The van der Waals surface area contributed by atoms with Gasteiger partial charge >= 0.3 is 18.8 Å². The van der Waals surface area contributed by atoms with Gasteiger partial charge in [-0.05, 0) is 12.1 Å². The van der Waals surface area contributed by atoms with Crippen LogP contribution in [0.1, 0.15) is 15.9 Å². The second-order valence-corrected chi connectivity index (χ2v) is 3.42. The topological polar surface area (TPSA) is 44.8 Å². The first kappa shape index (κ1) is 16.0. The molecule has 20 heavy (non-hydrogen) atoms. The molecule has 9 heteroatoms. The molecule has 4 nitrogen and oxygen atoms in total. The van der Waals surface area contributed by atoms with Crippen molar-refractivity contribution in [1.82, 2.24) is 0 Å². The van der Waals surface area contributed by atoms with E-state index in [-0.39, 0.29) is 6.07 Å². The maximum atomic E-state index is 12.6. The Bertz CT molecular complexity index is 498. The van der Waals surface area contributed by atoms with Crippen LogP contribution < -0.4 is 9.47 Å². The fraction of sp³-hybridized carbons (Fsp3) is 0.364. The van der Waals surface area contributed by atoms with E-state index in [1.54, 1.807) is 0 Å². The number of hydrogen-bond donors (Lipinski definition) is 0. The van der Waals surface area contributed by atoms with Crippen molar-refractivity contribution in [1.29, 1.82) is 0 Å². The summed E-state index contributed by atoms with van der Waals surface area (Å²) in [6, 6.07) is 0.769. The van der Waals surface area contributed by atoms with Crippen LogP contribution in [0.2, 0.25) is 0 Å². The maximum absolute atomic E-state index is 12.6. The molecule has 0 aliphatic rings. The first-order valence-corrected chi connectivity index (χ1v) is 5.03. The molecule has 0 unspecified atom stereocenters. The monoisotopic (exact) mass is 300 g/mol. The van der Waals surface area contributed by atoms with Crippen LogP contribution in [0.3, 0.4) is 0 Å². The number of benzene rings is 1. The average Bonchev–Trinajstić information content (AvgIpc) is 2.35. The van der Waals surface area contributed by atoms with Crippen molar-refractivity contribution in [3.05, 3.63) is 23.3 Å². The number of halogens is 5. The highest BCUT2D eigenvalue weighted by molar-refractivity contribution is 5.95. The van der Waals surface area contributed by atoms with Gasteiger partial charge in [-0.2, -0.15) is 22.0 Å². The van der Waals surface area contributed by atoms with Crippen molar-refractivity contribution in [3.63, 3.8) is 0 Å². The minimum atomic E-state index is -4.82. The summed E-state index contributed by atoms with van der Waals surface area (Å²) < 4.78 is 75.2. The fourth-order valence-corrected chi connectivity index (χ4v) is 1.41. The highest BCUT2D eigenvalue weighted by Gasteiger charge is 2.34. The lowest BCUT2D eigenvalue weighted by atomic mass is 10.1. The minimum Gasteiger partial charge on any atom is -0.496 e. The van der Waals surface area contributed by atoms with Gasteiger partial charge in [-0.25, -0.2) is 4.79 Å². The summed E-state index contributed by atoms with van der Waals surface area (Å²) in [6.07, 6.45) is -4.82. The van der Waals surface area contributed by atoms with Crippen LogP contribution in [0, 0.1) is 0 Å². The molecule has 0 N–H and O–H groups in total. The van der Waals surface area contributed by atoms with Crippen LogP contribution in [0.5, 0.6) is 11.5 Å². The molecule has 0 heterocycles. The van der Waals surface area contributed by atoms with Gasteiger partial charge in [0.1, 0.15) is 17.1 Å². The van der Waals surface area contributed by atoms with Crippen molar-refractivity contribution in [2.45, 2.75) is 12.8 Å². The van der Waals surface area contributed by atoms with Crippen molar-refractivity contribution in [2.75, 3.05) is 14.2 Å². The summed E-state index contributed by atoms with van der Waals surface area (Å²) in [4.78, 5) is 11.4. The zero-order chi connectivity index (χ0) is 15.5. The molecule has 0 saturated carbocycles. The number of ether oxygens (including phenoxy) is 3. The average molecular weight is 300 g/mol. The normalized spacial score (nSPS) is 11.4. The fourth-order valence-electron chi connectivity index (χ4n) is 1.41. The molecular formula is C11H9F5O4. The van der Waals surface area contributed by atoms with Crippen molar-refractivity contribution >= 4 is 5.97 Å². The summed E-state index contributed by atoms with van der Waals surface area (Å²) >= 11 is 0. The Hall–Kier alpha value is -2.06. The quantitative estimate of drug-likeness (QED) is 0.633. The third-order valence-electron chi connectivity index (χ3n) is 2.22. The number of carbonyl (C=O) groups is 1. The van der Waals surface area contributed by atoms with Crippen molar-refractivity contribution in [2.24, 2.45) is 0 Å². The van der Waals surface area contributed by atoms with Crippen LogP contribution in [-0.2, 0) is 10.9 Å². The molecule has 1 rings (SSSR count). The molecule has 0 aliphatic heterocycles. The van der Waals surface area contributed by atoms with Crippen LogP contribution >= 0.6 is 0 Å². The van der Waals surface area contributed by atoms with E-state index in [2.05, 4.69) is 14.2 Å². The summed E-state index contributed by atoms with van der Waals surface area (Å²) in [5.41, 5.74) is -1.94. The van der Waals surface area contributed by atoms with E-state index in [9.17, 15) is 26.7 Å². The molecule has 0 amide bonds. The Morgan fingerprint density at radius 2 is 1.70 bits per heavy atom. The molecule has 0 radical (unpaired) electrons. The van der Waals surface area contributed by atoms with Gasteiger partial charge in [-0.15, -0.1) is 0 Å². The number of rotatable bonds is 4. The predicted molar refractivity (Wildman–Crippen MR) is 56.0 cm³/mol. The molecule has 0 bridgehead atoms. The van der Waals surface area contributed by atoms with Crippen molar-refractivity contribution in [3.8, 4) is 11.5 Å². The van der Waals surface area contributed by atoms with Gasteiger partial charge in [-0.1, -0.05) is 0 Å². The highest BCUT2D eigenvalue weighted by Crippen LogP contribution is 2.39. The Morgan fingerprint density at radius 1 is 1.15 bits per heavy atom. The molecule has 0 atom stereocenters. The maximum Gasteiger partial charge on any atom is 0.416 e. The van der Waals surface area contributed by atoms with Gasteiger partial charge in [0.05, 0.1) is 19.8 Å². The number of carbonyl (C=O) groups excluding carboxylic acids is 1. The molecule has 1 aromatic rings. The van der Waals surface area contributed by atoms with Crippen LogP contribution in [-0.4, -0.2) is 26.8 Å². The van der Waals surface area contributed by atoms with Gasteiger partial charge in [0.25, 0.3) is 0 Å². The zero-order valence-electron chi connectivity index (χ0n) is 10.3. The second-order valence-electron chi connectivity index (χ2n) is 3.42. The largest absolute Gasteiger partial charge is 0.496 e. The molecule has 0 fully saturated rings. The SMILES string of the molecule is COC(=O)c1c(OC)cc(C(F)(F)F)cc1OC(F)F. The smallest absolute Gasteiger partial charge is 0.416 e. The van der Waals surface area contributed by atoms with E-state index in [0.29, 0.717) is 6.07 Å². The molecule has 0 spiro atoms.